The van der Waals surface area contributed by atoms with E-state index in [2.05, 4.69) is 5.32 Å². The minimum atomic E-state index is -3.87. The minimum absolute atomic E-state index is 0.000721. The highest BCUT2D eigenvalue weighted by atomic mass is 32.2. The molecule has 0 aliphatic carbocycles. The highest BCUT2D eigenvalue weighted by molar-refractivity contribution is 7.89. The molecule has 1 aliphatic rings. The number of sulfonamides is 1. The number of hydrogen-bond acceptors (Lipinski definition) is 5. The molecule has 2 amide bonds. The molecule has 0 radical (unpaired) electrons. The first-order valence-corrected chi connectivity index (χ1v) is 12.0. The molecule has 0 saturated heterocycles. The number of likely N-dealkylation sites (N-methyl/N-ethyl adjacent to an activating group) is 1. The number of hydrogen-bond donors (Lipinski definition) is 2. The molecule has 1 aromatic carbocycles. The third-order valence-corrected chi connectivity index (χ3v) is 7.28. The van der Waals surface area contributed by atoms with Crippen molar-refractivity contribution in [1.29, 1.82) is 0 Å². The summed E-state index contributed by atoms with van der Waals surface area (Å²) in [6.07, 6.45) is 3.29. The van der Waals surface area contributed by atoms with E-state index in [-0.39, 0.29) is 48.3 Å². The highest BCUT2D eigenvalue weighted by Crippen LogP contribution is 2.34. The predicted octanol–water partition coefficient (Wildman–Crippen LogP) is 2.54. The first kappa shape index (κ1) is 25.2. The fraction of sp³-hybridized carbons (Fsp3) is 0.591. The maximum atomic E-state index is 13.4. The second-order valence-electron chi connectivity index (χ2n) is 8.43. The van der Waals surface area contributed by atoms with Gasteiger partial charge in [-0.15, -0.1) is 0 Å². The molecule has 1 aliphatic heterocycles. The molecule has 3 atom stereocenters. The standard InChI is InChI=1S/C22H35N3O5S/c1-7-8-18-9-10-21-19(11-18)30-20(13-24(6)22(27)23-15(2)3)16(4)12-25(17(5)14-26)31(21,28)29/h7-11,15-17,20,26H,12-14H2,1-6H3,(H,23,27)/b8-7+/t16-,17+,20+/m0/s1. The Hall–Kier alpha value is -2.10. The summed E-state index contributed by atoms with van der Waals surface area (Å²) in [5.41, 5.74) is 0.816. The summed E-state index contributed by atoms with van der Waals surface area (Å²) in [4.78, 5) is 14.0. The number of allylic oxidation sites excluding steroid dienone is 1. The molecule has 8 nitrogen and oxygen atoms in total. The van der Waals surface area contributed by atoms with Gasteiger partial charge in [-0.2, -0.15) is 4.31 Å². The van der Waals surface area contributed by atoms with Crippen LogP contribution in [0.25, 0.3) is 6.08 Å². The van der Waals surface area contributed by atoms with E-state index in [1.165, 1.54) is 4.31 Å². The van der Waals surface area contributed by atoms with E-state index in [0.717, 1.165) is 5.56 Å². The van der Waals surface area contributed by atoms with E-state index in [0.29, 0.717) is 0 Å². The molecule has 2 N–H and O–H groups in total. The van der Waals surface area contributed by atoms with Crippen LogP contribution in [0.1, 0.15) is 40.2 Å². The van der Waals surface area contributed by atoms with Crippen LogP contribution in [0.5, 0.6) is 5.75 Å². The van der Waals surface area contributed by atoms with Crippen molar-refractivity contribution in [3.63, 3.8) is 0 Å². The van der Waals surface area contributed by atoms with E-state index < -0.39 is 22.2 Å². The number of urea groups is 1. The third kappa shape index (κ3) is 5.99. The van der Waals surface area contributed by atoms with Gasteiger partial charge in [0, 0.05) is 31.6 Å². The molecule has 31 heavy (non-hydrogen) atoms. The van der Waals surface area contributed by atoms with Crippen molar-refractivity contribution in [2.24, 2.45) is 5.92 Å². The molecule has 0 saturated carbocycles. The molecule has 0 bridgehead atoms. The smallest absolute Gasteiger partial charge is 0.317 e. The van der Waals surface area contributed by atoms with Crippen LogP contribution in [0.4, 0.5) is 4.79 Å². The van der Waals surface area contributed by atoms with Gasteiger partial charge in [-0.3, -0.25) is 0 Å². The van der Waals surface area contributed by atoms with Gasteiger partial charge in [-0.05, 0) is 45.4 Å². The van der Waals surface area contributed by atoms with Gasteiger partial charge in [0.2, 0.25) is 10.0 Å². The molecule has 0 fully saturated rings. The number of benzene rings is 1. The molecule has 1 aromatic rings. The highest BCUT2D eigenvalue weighted by Gasteiger charge is 2.38. The number of amides is 2. The van der Waals surface area contributed by atoms with Gasteiger partial charge in [0.1, 0.15) is 16.7 Å². The monoisotopic (exact) mass is 453 g/mol. The molecule has 0 unspecified atom stereocenters. The van der Waals surface area contributed by atoms with Crippen LogP contribution in [0, 0.1) is 5.92 Å². The van der Waals surface area contributed by atoms with Crippen LogP contribution in [0.3, 0.4) is 0 Å². The summed E-state index contributed by atoms with van der Waals surface area (Å²) >= 11 is 0. The Balaban J connectivity index is 2.50. The number of aliphatic hydroxyl groups excluding tert-OH is 1. The van der Waals surface area contributed by atoms with Gasteiger partial charge in [0.25, 0.3) is 0 Å². The largest absolute Gasteiger partial charge is 0.487 e. The molecule has 0 aromatic heterocycles. The van der Waals surface area contributed by atoms with E-state index in [4.69, 9.17) is 4.74 Å². The van der Waals surface area contributed by atoms with Gasteiger partial charge in [-0.25, -0.2) is 13.2 Å². The number of ether oxygens (including phenoxy) is 1. The summed E-state index contributed by atoms with van der Waals surface area (Å²) in [6.45, 7) is 9.40. The van der Waals surface area contributed by atoms with Gasteiger partial charge in [0.05, 0.1) is 13.2 Å². The van der Waals surface area contributed by atoms with Crippen molar-refractivity contribution in [2.45, 2.75) is 57.7 Å². The van der Waals surface area contributed by atoms with Gasteiger partial charge in [0.15, 0.2) is 0 Å². The Bertz CT molecular complexity index is 900. The average molecular weight is 454 g/mol. The van der Waals surface area contributed by atoms with Crippen molar-refractivity contribution in [2.75, 3.05) is 26.7 Å². The number of nitrogens with zero attached hydrogens (tertiary/aromatic N) is 2. The lowest BCUT2D eigenvalue weighted by Crippen LogP contribution is -2.51. The van der Waals surface area contributed by atoms with E-state index in [1.807, 2.05) is 39.8 Å². The van der Waals surface area contributed by atoms with E-state index >= 15 is 0 Å². The molecule has 9 heteroatoms. The summed E-state index contributed by atoms with van der Waals surface area (Å²) in [5.74, 6) is 0.0246. The summed E-state index contributed by atoms with van der Waals surface area (Å²) in [5, 5.41) is 12.5. The zero-order valence-corrected chi connectivity index (χ0v) is 20.0. The fourth-order valence-electron chi connectivity index (χ4n) is 3.47. The van der Waals surface area contributed by atoms with Gasteiger partial charge < -0.3 is 20.1 Å². The Labute approximate surface area is 185 Å². The minimum Gasteiger partial charge on any atom is -0.487 e. The van der Waals surface area contributed by atoms with Gasteiger partial charge in [-0.1, -0.05) is 25.1 Å². The topological polar surface area (TPSA) is 99.2 Å². The summed E-state index contributed by atoms with van der Waals surface area (Å²) < 4.78 is 34.3. The van der Waals surface area contributed by atoms with Crippen molar-refractivity contribution < 1.29 is 23.1 Å². The lowest BCUT2D eigenvalue weighted by molar-refractivity contribution is 0.0810. The number of aliphatic hydroxyl groups is 1. The fourth-order valence-corrected chi connectivity index (χ4v) is 5.29. The normalized spacial score (nSPS) is 22.3. The first-order chi connectivity index (χ1) is 14.5. The second kappa shape index (κ2) is 10.5. The van der Waals surface area contributed by atoms with Crippen LogP contribution < -0.4 is 10.1 Å². The number of rotatable bonds is 6. The molecular weight excluding hydrogens is 418 g/mol. The van der Waals surface area contributed by atoms with Crippen LogP contribution >= 0.6 is 0 Å². The molecular formula is C22H35N3O5S. The number of carbonyl (C=O) groups excluding carboxylic acids is 1. The number of fused-ring (bicyclic) bond motifs is 1. The molecule has 174 valence electrons. The Morgan fingerprint density at radius 2 is 2.06 bits per heavy atom. The molecule has 1 heterocycles. The average Bonchev–Trinajstić information content (AvgIpc) is 2.69. The van der Waals surface area contributed by atoms with Crippen molar-refractivity contribution in [3.05, 3.63) is 29.8 Å². The van der Waals surface area contributed by atoms with E-state index in [1.54, 1.807) is 37.1 Å². The van der Waals surface area contributed by atoms with Crippen molar-refractivity contribution in [3.8, 4) is 5.75 Å². The Kier molecular flexibility index (Phi) is 8.50. The first-order valence-electron chi connectivity index (χ1n) is 10.6. The maximum absolute atomic E-state index is 13.4. The zero-order chi connectivity index (χ0) is 23.3. The molecule has 0 spiro atoms. The van der Waals surface area contributed by atoms with Crippen LogP contribution in [-0.4, -0.2) is 73.7 Å². The Morgan fingerprint density at radius 3 is 2.65 bits per heavy atom. The van der Waals surface area contributed by atoms with E-state index in [9.17, 15) is 18.3 Å². The number of nitrogens with one attached hydrogen (secondary N) is 1. The quantitative estimate of drug-likeness (QED) is 0.690. The predicted molar refractivity (Wildman–Crippen MR) is 121 cm³/mol. The lowest BCUT2D eigenvalue weighted by Gasteiger charge is -2.37. The number of carbonyl (C=O) groups is 1. The van der Waals surface area contributed by atoms with Crippen LogP contribution in [0.15, 0.2) is 29.2 Å². The maximum Gasteiger partial charge on any atom is 0.317 e. The SMILES string of the molecule is C/C=C/c1ccc2c(c1)O[C@H](CN(C)C(=O)NC(C)C)[C@@H](C)CN([C@H](C)CO)S2(=O)=O. The van der Waals surface area contributed by atoms with Crippen LogP contribution in [-0.2, 0) is 10.0 Å². The second-order valence-corrected chi connectivity index (χ2v) is 10.3. The third-order valence-electron chi connectivity index (χ3n) is 5.26. The molecule has 2 rings (SSSR count). The zero-order valence-electron chi connectivity index (χ0n) is 19.2. The summed E-state index contributed by atoms with van der Waals surface area (Å²) in [7, 11) is -2.18. The summed E-state index contributed by atoms with van der Waals surface area (Å²) in [6, 6.07) is 4.16. The Morgan fingerprint density at radius 1 is 1.39 bits per heavy atom. The lowest BCUT2D eigenvalue weighted by atomic mass is 10.0. The van der Waals surface area contributed by atoms with Crippen molar-refractivity contribution in [1.82, 2.24) is 14.5 Å². The van der Waals surface area contributed by atoms with Gasteiger partial charge >= 0.3 is 6.03 Å². The van der Waals surface area contributed by atoms with Crippen LogP contribution in [0.2, 0.25) is 0 Å². The van der Waals surface area contributed by atoms with Crippen molar-refractivity contribution >= 4 is 22.1 Å².